The maximum Gasteiger partial charge on any atom is 0.355 e. The maximum atomic E-state index is 12.7. The number of rotatable bonds is 5. The summed E-state index contributed by atoms with van der Waals surface area (Å²) in [6.07, 6.45) is 0. The molecule has 120 valence electrons. The van der Waals surface area contributed by atoms with Crippen molar-refractivity contribution in [2.24, 2.45) is 0 Å². The van der Waals surface area contributed by atoms with Gasteiger partial charge < -0.3 is 9.72 Å². The average Bonchev–Trinajstić information content (AvgIpc) is 2.81. The van der Waals surface area contributed by atoms with Gasteiger partial charge in [-0.2, -0.15) is 0 Å². The molecular formula is C16H16N2O5. The number of carbonyl (C=O) groups excluding carboxylic acids is 2. The second-order valence-electron chi connectivity index (χ2n) is 4.95. The Morgan fingerprint density at radius 2 is 1.91 bits per heavy atom. The molecule has 7 nitrogen and oxygen atoms in total. The fraction of sp³-hybridized carbons (Fsp3) is 0.250. The van der Waals surface area contributed by atoms with Gasteiger partial charge in [0.2, 0.25) is 5.78 Å². The summed E-state index contributed by atoms with van der Waals surface area (Å²) >= 11 is 0. The van der Waals surface area contributed by atoms with Gasteiger partial charge in [-0.3, -0.25) is 14.9 Å². The molecule has 1 aromatic heterocycles. The Labute approximate surface area is 132 Å². The third-order valence-corrected chi connectivity index (χ3v) is 3.49. The van der Waals surface area contributed by atoms with Crippen LogP contribution in [-0.2, 0) is 4.74 Å². The molecule has 1 N–H and O–H groups in total. The van der Waals surface area contributed by atoms with Crippen LogP contribution in [0, 0.1) is 24.0 Å². The molecule has 0 atom stereocenters. The van der Waals surface area contributed by atoms with Crippen LogP contribution in [0.5, 0.6) is 0 Å². The number of nitrogens with one attached hydrogen (secondary N) is 1. The highest BCUT2D eigenvalue weighted by molar-refractivity contribution is 6.14. The van der Waals surface area contributed by atoms with E-state index in [1.54, 1.807) is 26.8 Å². The molecule has 0 aliphatic carbocycles. The summed E-state index contributed by atoms with van der Waals surface area (Å²) in [7, 11) is 0. The van der Waals surface area contributed by atoms with Crippen LogP contribution in [0.2, 0.25) is 0 Å². The molecule has 0 bridgehead atoms. The smallest absolute Gasteiger partial charge is 0.355 e. The zero-order valence-corrected chi connectivity index (χ0v) is 13.0. The molecule has 2 aromatic rings. The van der Waals surface area contributed by atoms with Crippen molar-refractivity contribution in [1.29, 1.82) is 0 Å². The second-order valence-corrected chi connectivity index (χ2v) is 4.95. The van der Waals surface area contributed by atoms with Gasteiger partial charge in [-0.1, -0.05) is 12.1 Å². The first kappa shape index (κ1) is 16.4. The highest BCUT2D eigenvalue weighted by atomic mass is 16.6. The fourth-order valence-corrected chi connectivity index (χ4v) is 2.46. The zero-order chi connectivity index (χ0) is 17.1. The number of esters is 1. The fourth-order valence-electron chi connectivity index (χ4n) is 2.46. The molecule has 0 aliphatic heterocycles. The summed E-state index contributed by atoms with van der Waals surface area (Å²) in [4.78, 5) is 38.0. The van der Waals surface area contributed by atoms with E-state index in [0.717, 1.165) is 0 Å². The number of aromatic amines is 1. The van der Waals surface area contributed by atoms with E-state index >= 15 is 0 Å². The summed E-state index contributed by atoms with van der Waals surface area (Å²) in [5.74, 6) is -1.06. The van der Waals surface area contributed by atoms with Crippen molar-refractivity contribution in [1.82, 2.24) is 4.98 Å². The topological polar surface area (TPSA) is 102 Å². The predicted octanol–water partition coefficient (Wildman–Crippen LogP) is 2.95. The highest BCUT2D eigenvalue weighted by Gasteiger charge is 2.27. The van der Waals surface area contributed by atoms with Crippen molar-refractivity contribution >= 4 is 17.4 Å². The number of ether oxygens (including phenoxy) is 1. The minimum absolute atomic E-state index is 0.0156. The van der Waals surface area contributed by atoms with Gasteiger partial charge in [0.15, 0.2) is 0 Å². The molecule has 1 aromatic carbocycles. The number of carbonyl (C=O) groups is 2. The molecule has 0 radical (unpaired) electrons. The van der Waals surface area contributed by atoms with Crippen LogP contribution in [0.4, 0.5) is 5.69 Å². The lowest BCUT2D eigenvalue weighted by Crippen LogP contribution is -2.09. The summed E-state index contributed by atoms with van der Waals surface area (Å²) < 4.78 is 4.93. The first-order chi connectivity index (χ1) is 10.9. The number of H-pyrrole nitrogens is 1. The van der Waals surface area contributed by atoms with E-state index in [9.17, 15) is 19.7 Å². The van der Waals surface area contributed by atoms with E-state index in [1.165, 1.54) is 18.2 Å². The number of nitro benzene ring substituents is 1. The number of hydrogen-bond acceptors (Lipinski definition) is 5. The molecule has 23 heavy (non-hydrogen) atoms. The van der Waals surface area contributed by atoms with E-state index in [2.05, 4.69) is 4.98 Å². The van der Waals surface area contributed by atoms with Crippen molar-refractivity contribution < 1.29 is 19.2 Å². The standard InChI is InChI=1S/C16H16N2O5/c1-4-23-16(20)14-9(2)13(10(3)17-14)15(19)11-7-5-6-8-12(11)18(21)22/h5-8,17H,4H2,1-3H3. The first-order valence-electron chi connectivity index (χ1n) is 7.02. The van der Waals surface area contributed by atoms with E-state index in [4.69, 9.17) is 4.74 Å². The summed E-state index contributed by atoms with van der Waals surface area (Å²) in [6.45, 7) is 5.14. The Balaban J connectivity index is 2.53. The van der Waals surface area contributed by atoms with Crippen LogP contribution >= 0.6 is 0 Å². The molecule has 0 unspecified atom stereocenters. The van der Waals surface area contributed by atoms with Crippen LogP contribution < -0.4 is 0 Å². The number of ketones is 1. The molecule has 0 saturated heterocycles. The van der Waals surface area contributed by atoms with Crippen molar-refractivity contribution in [2.75, 3.05) is 6.61 Å². The highest BCUT2D eigenvalue weighted by Crippen LogP contribution is 2.26. The Bertz CT molecular complexity index is 792. The van der Waals surface area contributed by atoms with Crippen molar-refractivity contribution in [3.05, 3.63) is 62.5 Å². The lowest BCUT2D eigenvalue weighted by molar-refractivity contribution is -0.385. The number of aryl methyl sites for hydroxylation is 1. The van der Waals surface area contributed by atoms with E-state index in [1.807, 2.05) is 0 Å². The van der Waals surface area contributed by atoms with E-state index < -0.39 is 16.7 Å². The van der Waals surface area contributed by atoms with Crippen molar-refractivity contribution in [2.45, 2.75) is 20.8 Å². The lowest BCUT2D eigenvalue weighted by Gasteiger charge is -2.04. The van der Waals surface area contributed by atoms with Gasteiger partial charge in [-0.05, 0) is 32.4 Å². The summed E-state index contributed by atoms with van der Waals surface area (Å²) in [5, 5.41) is 11.1. The lowest BCUT2D eigenvalue weighted by atomic mass is 9.98. The number of para-hydroxylation sites is 1. The van der Waals surface area contributed by atoms with Crippen LogP contribution in [0.15, 0.2) is 24.3 Å². The molecule has 0 amide bonds. The van der Waals surface area contributed by atoms with E-state index in [-0.39, 0.29) is 29.1 Å². The van der Waals surface area contributed by atoms with Crippen LogP contribution in [0.1, 0.15) is 44.6 Å². The number of hydrogen-bond donors (Lipinski definition) is 1. The minimum Gasteiger partial charge on any atom is -0.461 e. The van der Waals surface area contributed by atoms with Crippen LogP contribution in [-0.4, -0.2) is 28.3 Å². The number of aromatic nitrogens is 1. The molecular weight excluding hydrogens is 300 g/mol. The van der Waals surface area contributed by atoms with Crippen LogP contribution in [0.25, 0.3) is 0 Å². The molecule has 2 rings (SSSR count). The molecule has 0 aliphatic rings. The van der Waals surface area contributed by atoms with Gasteiger partial charge in [-0.15, -0.1) is 0 Å². The Hall–Kier alpha value is -2.96. The minimum atomic E-state index is -0.600. The normalized spacial score (nSPS) is 10.4. The molecule has 1 heterocycles. The van der Waals surface area contributed by atoms with Crippen molar-refractivity contribution in [3.63, 3.8) is 0 Å². The quantitative estimate of drug-likeness (QED) is 0.395. The second kappa shape index (κ2) is 6.43. The molecule has 0 spiro atoms. The van der Waals surface area contributed by atoms with Gasteiger partial charge in [0, 0.05) is 17.3 Å². The van der Waals surface area contributed by atoms with Gasteiger partial charge in [0.1, 0.15) is 11.3 Å². The van der Waals surface area contributed by atoms with Gasteiger partial charge in [0.25, 0.3) is 5.69 Å². The zero-order valence-electron chi connectivity index (χ0n) is 13.0. The third-order valence-electron chi connectivity index (χ3n) is 3.49. The van der Waals surface area contributed by atoms with E-state index in [0.29, 0.717) is 11.3 Å². The molecule has 7 heteroatoms. The number of benzene rings is 1. The van der Waals surface area contributed by atoms with Gasteiger partial charge in [0.05, 0.1) is 11.5 Å². The monoisotopic (exact) mass is 316 g/mol. The molecule has 0 fully saturated rings. The average molecular weight is 316 g/mol. The SMILES string of the molecule is CCOC(=O)c1[nH]c(C)c(C(=O)c2ccccc2[N+](=O)[O-])c1C. The van der Waals surface area contributed by atoms with Gasteiger partial charge >= 0.3 is 5.97 Å². The predicted molar refractivity (Wildman–Crippen MR) is 82.8 cm³/mol. The number of nitro groups is 1. The van der Waals surface area contributed by atoms with Gasteiger partial charge in [-0.25, -0.2) is 4.79 Å². The third kappa shape index (κ3) is 2.98. The summed E-state index contributed by atoms with van der Waals surface area (Å²) in [6, 6.07) is 5.73. The summed E-state index contributed by atoms with van der Waals surface area (Å²) in [5.41, 5.74) is 1.04. The molecule has 0 saturated carbocycles. The van der Waals surface area contributed by atoms with Crippen LogP contribution in [0.3, 0.4) is 0 Å². The Morgan fingerprint density at radius 3 is 2.52 bits per heavy atom. The Kier molecular flexibility index (Phi) is 4.59. The number of nitrogens with zero attached hydrogens (tertiary/aromatic N) is 1. The van der Waals surface area contributed by atoms with Crippen molar-refractivity contribution in [3.8, 4) is 0 Å². The largest absolute Gasteiger partial charge is 0.461 e. The first-order valence-corrected chi connectivity index (χ1v) is 7.02. The maximum absolute atomic E-state index is 12.7. The Morgan fingerprint density at radius 1 is 1.26 bits per heavy atom.